The summed E-state index contributed by atoms with van der Waals surface area (Å²) in [4.78, 5) is 25.3. The molecule has 1 atom stereocenters. The van der Waals surface area contributed by atoms with Gasteiger partial charge in [-0.15, -0.1) is 0 Å². The highest BCUT2D eigenvalue weighted by Crippen LogP contribution is 2.29. The maximum atomic E-state index is 12.5. The van der Waals surface area contributed by atoms with E-state index in [2.05, 4.69) is 17.1 Å². The number of nitro benzene ring substituents is 1. The van der Waals surface area contributed by atoms with Crippen LogP contribution in [0.3, 0.4) is 0 Å². The zero-order chi connectivity index (χ0) is 21.3. The molecule has 1 aromatic heterocycles. The Morgan fingerprint density at radius 3 is 2.90 bits per heavy atom. The molecule has 0 spiro atoms. The lowest BCUT2D eigenvalue weighted by Crippen LogP contribution is -2.33. The zero-order valence-electron chi connectivity index (χ0n) is 16.7. The molecule has 4 rings (SSSR count). The van der Waals surface area contributed by atoms with E-state index in [9.17, 15) is 14.9 Å². The summed E-state index contributed by atoms with van der Waals surface area (Å²) in [5.41, 5.74) is 3.21. The van der Waals surface area contributed by atoms with Crippen LogP contribution < -0.4 is 10.2 Å². The summed E-state index contributed by atoms with van der Waals surface area (Å²) >= 11 is 6.15. The molecule has 1 fully saturated rings. The van der Waals surface area contributed by atoms with E-state index < -0.39 is 4.92 Å². The first-order valence-corrected chi connectivity index (χ1v) is 10.3. The van der Waals surface area contributed by atoms with Gasteiger partial charge in [0, 0.05) is 59.6 Å². The van der Waals surface area contributed by atoms with Crippen molar-refractivity contribution in [3.8, 4) is 0 Å². The van der Waals surface area contributed by atoms with Gasteiger partial charge in [0.1, 0.15) is 6.54 Å². The molecule has 1 aliphatic heterocycles. The number of nitrogens with one attached hydrogen (secondary N) is 1. The van der Waals surface area contributed by atoms with Crippen LogP contribution in [0.4, 0.5) is 11.4 Å². The fourth-order valence-corrected chi connectivity index (χ4v) is 4.22. The summed E-state index contributed by atoms with van der Waals surface area (Å²) in [7, 11) is 0. The van der Waals surface area contributed by atoms with Crippen molar-refractivity contribution in [2.45, 2.75) is 19.9 Å². The molecular weight excluding hydrogens is 404 g/mol. The van der Waals surface area contributed by atoms with Crippen molar-refractivity contribution in [2.75, 3.05) is 24.5 Å². The zero-order valence-corrected chi connectivity index (χ0v) is 17.4. The average Bonchev–Trinajstić information content (AvgIpc) is 3.35. The Balaban J connectivity index is 1.33. The summed E-state index contributed by atoms with van der Waals surface area (Å²) in [5.74, 6) is 0.319. The smallest absolute Gasteiger partial charge is 0.270 e. The molecule has 0 bridgehead atoms. The third-order valence-electron chi connectivity index (χ3n) is 5.66. The summed E-state index contributed by atoms with van der Waals surface area (Å²) in [6, 6.07) is 12.4. The van der Waals surface area contributed by atoms with E-state index in [1.807, 2.05) is 22.8 Å². The lowest BCUT2D eigenvalue weighted by molar-refractivity contribution is -0.384. The van der Waals surface area contributed by atoms with E-state index in [0.717, 1.165) is 41.1 Å². The quantitative estimate of drug-likeness (QED) is 0.474. The Hall–Kier alpha value is -3.06. The van der Waals surface area contributed by atoms with Crippen molar-refractivity contribution >= 4 is 39.8 Å². The second-order valence-corrected chi connectivity index (χ2v) is 8.22. The molecule has 1 amide bonds. The number of halogens is 1. The van der Waals surface area contributed by atoms with Gasteiger partial charge in [0.2, 0.25) is 5.91 Å². The molecule has 3 aromatic rings. The van der Waals surface area contributed by atoms with Gasteiger partial charge in [-0.05, 0) is 49.1 Å². The summed E-state index contributed by atoms with van der Waals surface area (Å²) in [6.45, 7) is 4.72. The monoisotopic (exact) mass is 426 g/mol. The van der Waals surface area contributed by atoms with Gasteiger partial charge in [-0.25, -0.2) is 0 Å². The number of fused-ring (bicyclic) bond motifs is 1. The molecule has 0 aliphatic carbocycles. The number of non-ortho nitro benzene ring substituents is 1. The Labute approximate surface area is 179 Å². The van der Waals surface area contributed by atoms with Crippen LogP contribution in [-0.4, -0.2) is 35.0 Å². The number of benzene rings is 2. The summed E-state index contributed by atoms with van der Waals surface area (Å²) in [5, 5.41) is 15.4. The second kappa shape index (κ2) is 8.36. The summed E-state index contributed by atoms with van der Waals surface area (Å²) in [6.07, 6.45) is 2.80. The van der Waals surface area contributed by atoms with Crippen LogP contribution in [0, 0.1) is 23.0 Å². The molecule has 0 saturated carbocycles. The highest BCUT2D eigenvalue weighted by molar-refractivity contribution is 6.30. The molecule has 2 aromatic carbocycles. The normalized spacial score (nSPS) is 16.2. The molecule has 8 heteroatoms. The third-order valence-corrected chi connectivity index (χ3v) is 5.90. The molecular formula is C22H23ClN4O3. The highest BCUT2D eigenvalue weighted by Gasteiger charge is 2.24. The summed E-state index contributed by atoms with van der Waals surface area (Å²) < 4.78 is 1.81. The Morgan fingerprint density at radius 2 is 2.10 bits per heavy atom. The first kappa shape index (κ1) is 20.2. The molecule has 1 saturated heterocycles. The Bertz CT molecular complexity index is 1110. The van der Waals surface area contributed by atoms with Gasteiger partial charge >= 0.3 is 0 Å². The van der Waals surface area contributed by atoms with Crippen molar-refractivity contribution in [1.82, 2.24) is 9.88 Å². The van der Waals surface area contributed by atoms with Crippen LogP contribution in [0.15, 0.2) is 48.7 Å². The van der Waals surface area contributed by atoms with Crippen molar-refractivity contribution in [3.63, 3.8) is 0 Å². The van der Waals surface area contributed by atoms with E-state index in [1.165, 1.54) is 17.7 Å². The Morgan fingerprint density at radius 1 is 1.27 bits per heavy atom. The number of aryl methyl sites for hydroxylation is 1. The number of rotatable bonds is 6. The third kappa shape index (κ3) is 4.26. The number of hydrogen-bond donors (Lipinski definition) is 1. The van der Waals surface area contributed by atoms with E-state index >= 15 is 0 Å². The largest absolute Gasteiger partial charge is 0.371 e. The fourth-order valence-electron chi connectivity index (χ4n) is 4.05. The van der Waals surface area contributed by atoms with Gasteiger partial charge in [-0.1, -0.05) is 17.7 Å². The molecule has 1 N–H and O–H groups in total. The van der Waals surface area contributed by atoms with Crippen LogP contribution in [-0.2, 0) is 11.3 Å². The van der Waals surface area contributed by atoms with Crippen molar-refractivity contribution in [2.24, 2.45) is 5.92 Å². The SMILES string of the molecule is Cc1ccc(Cl)cc1N1CCC(CNC(=O)Cn2ccc3cc([N+](=O)[O-])ccc32)C1. The van der Waals surface area contributed by atoms with E-state index in [1.54, 1.807) is 18.3 Å². The lowest BCUT2D eigenvalue weighted by Gasteiger charge is -2.21. The van der Waals surface area contributed by atoms with Crippen LogP contribution in [0.2, 0.25) is 5.02 Å². The molecule has 30 heavy (non-hydrogen) atoms. The van der Waals surface area contributed by atoms with Gasteiger partial charge < -0.3 is 14.8 Å². The minimum Gasteiger partial charge on any atom is -0.371 e. The van der Waals surface area contributed by atoms with Crippen molar-refractivity contribution < 1.29 is 9.72 Å². The number of hydrogen-bond acceptors (Lipinski definition) is 4. The molecule has 7 nitrogen and oxygen atoms in total. The van der Waals surface area contributed by atoms with E-state index in [-0.39, 0.29) is 18.1 Å². The Kier molecular flexibility index (Phi) is 5.63. The van der Waals surface area contributed by atoms with Gasteiger partial charge in [0.05, 0.1) is 4.92 Å². The first-order chi connectivity index (χ1) is 14.4. The number of anilines is 1. The second-order valence-electron chi connectivity index (χ2n) is 7.78. The molecule has 156 valence electrons. The number of carbonyl (C=O) groups is 1. The van der Waals surface area contributed by atoms with Crippen molar-refractivity contribution in [3.05, 3.63) is 69.4 Å². The number of aromatic nitrogens is 1. The minimum atomic E-state index is -0.417. The van der Waals surface area contributed by atoms with Crippen LogP contribution in [0.5, 0.6) is 0 Å². The lowest BCUT2D eigenvalue weighted by atomic mass is 10.1. The van der Waals surface area contributed by atoms with Gasteiger partial charge in [-0.3, -0.25) is 14.9 Å². The maximum Gasteiger partial charge on any atom is 0.270 e. The van der Waals surface area contributed by atoms with Gasteiger partial charge in [0.15, 0.2) is 0 Å². The van der Waals surface area contributed by atoms with Gasteiger partial charge in [0.25, 0.3) is 5.69 Å². The topological polar surface area (TPSA) is 80.4 Å². The van der Waals surface area contributed by atoms with E-state index in [0.29, 0.717) is 12.5 Å². The van der Waals surface area contributed by atoms with Crippen LogP contribution in [0.25, 0.3) is 10.9 Å². The molecule has 1 unspecified atom stereocenters. The predicted octanol–water partition coefficient (Wildman–Crippen LogP) is 4.15. The number of nitro groups is 1. The fraction of sp³-hybridized carbons (Fsp3) is 0.318. The van der Waals surface area contributed by atoms with Gasteiger partial charge in [-0.2, -0.15) is 0 Å². The number of nitrogens with zero attached hydrogens (tertiary/aromatic N) is 3. The van der Waals surface area contributed by atoms with E-state index in [4.69, 9.17) is 11.6 Å². The van der Waals surface area contributed by atoms with Crippen LogP contribution >= 0.6 is 11.6 Å². The highest BCUT2D eigenvalue weighted by atomic mass is 35.5. The standard InChI is InChI=1S/C22H23ClN4O3/c1-15-2-3-18(23)11-21(15)25-8-6-16(13-25)12-24-22(28)14-26-9-7-17-10-19(27(29)30)4-5-20(17)26/h2-5,7,9-11,16H,6,8,12-14H2,1H3,(H,24,28). The van der Waals surface area contributed by atoms with Crippen molar-refractivity contribution in [1.29, 1.82) is 0 Å². The predicted molar refractivity (Wildman–Crippen MR) is 118 cm³/mol. The molecule has 1 aliphatic rings. The maximum absolute atomic E-state index is 12.5. The minimum absolute atomic E-state index is 0.0467. The number of carbonyl (C=O) groups excluding carboxylic acids is 1. The molecule has 0 radical (unpaired) electrons. The molecule has 2 heterocycles. The first-order valence-electron chi connectivity index (χ1n) is 9.92. The van der Waals surface area contributed by atoms with Crippen LogP contribution in [0.1, 0.15) is 12.0 Å². The number of amides is 1. The average molecular weight is 427 g/mol.